The molecular weight excluding hydrogens is 320 g/mol. The minimum atomic E-state index is -0.312. The highest BCUT2D eigenvalue weighted by molar-refractivity contribution is 7.12. The maximum absolute atomic E-state index is 12.2. The second-order valence-corrected chi connectivity index (χ2v) is 6.53. The van der Waals surface area contributed by atoms with Gasteiger partial charge in [-0.3, -0.25) is 9.89 Å². The smallest absolute Gasteiger partial charge is 0.272 e. The number of benzene rings is 1. The van der Waals surface area contributed by atoms with Gasteiger partial charge in [0.1, 0.15) is 5.69 Å². The topological polar surface area (TPSA) is 70.1 Å². The van der Waals surface area contributed by atoms with E-state index in [1.54, 1.807) is 17.4 Å². The van der Waals surface area contributed by atoms with Gasteiger partial charge < -0.3 is 0 Å². The van der Waals surface area contributed by atoms with Crippen LogP contribution in [0.2, 0.25) is 0 Å². The molecule has 2 N–H and O–H groups in total. The van der Waals surface area contributed by atoms with Gasteiger partial charge in [-0.25, -0.2) is 5.43 Å². The fraction of sp³-hybridized carbons (Fsp3) is 0.167. The van der Waals surface area contributed by atoms with E-state index in [9.17, 15) is 4.79 Å². The third-order valence-electron chi connectivity index (χ3n) is 3.83. The van der Waals surface area contributed by atoms with Crippen LogP contribution in [0, 0.1) is 13.8 Å². The van der Waals surface area contributed by atoms with E-state index in [0.717, 1.165) is 21.8 Å². The first-order chi connectivity index (χ1) is 11.5. The summed E-state index contributed by atoms with van der Waals surface area (Å²) in [4.78, 5) is 13.2. The first-order valence-corrected chi connectivity index (χ1v) is 8.44. The van der Waals surface area contributed by atoms with Crippen molar-refractivity contribution in [2.24, 2.45) is 5.10 Å². The van der Waals surface area contributed by atoms with Crippen LogP contribution in [-0.2, 0) is 0 Å². The summed E-state index contributed by atoms with van der Waals surface area (Å²) in [5.74, 6) is -0.312. The lowest BCUT2D eigenvalue weighted by atomic mass is 10.0. The molecule has 0 bridgehead atoms. The Morgan fingerprint density at radius 2 is 2.04 bits per heavy atom. The normalized spacial score (nSPS) is 11.5. The zero-order valence-corrected chi connectivity index (χ0v) is 14.6. The van der Waals surface area contributed by atoms with Crippen molar-refractivity contribution in [2.45, 2.75) is 20.8 Å². The predicted octanol–water partition coefficient (Wildman–Crippen LogP) is 3.91. The monoisotopic (exact) mass is 338 g/mol. The van der Waals surface area contributed by atoms with Crippen molar-refractivity contribution in [2.75, 3.05) is 0 Å². The fourth-order valence-electron chi connectivity index (χ4n) is 2.22. The second kappa shape index (κ2) is 6.80. The molecule has 0 radical (unpaired) electrons. The Bertz CT molecular complexity index is 894. The number of carbonyl (C=O) groups is 1. The molecule has 3 rings (SSSR count). The van der Waals surface area contributed by atoms with Crippen LogP contribution in [0.4, 0.5) is 0 Å². The van der Waals surface area contributed by atoms with Gasteiger partial charge in [-0.05, 0) is 55.5 Å². The number of hydrazone groups is 1. The van der Waals surface area contributed by atoms with Gasteiger partial charge in [-0.2, -0.15) is 10.2 Å². The van der Waals surface area contributed by atoms with Crippen LogP contribution in [0.3, 0.4) is 0 Å². The third kappa shape index (κ3) is 3.44. The molecule has 5 nitrogen and oxygen atoms in total. The van der Waals surface area contributed by atoms with Crippen LogP contribution < -0.4 is 5.43 Å². The quantitative estimate of drug-likeness (QED) is 0.559. The van der Waals surface area contributed by atoms with Crippen LogP contribution >= 0.6 is 11.3 Å². The summed E-state index contributed by atoms with van der Waals surface area (Å²) in [5.41, 5.74) is 7.84. The van der Waals surface area contributed by atoms with E-state index in [4.69, 9.17) is 0 Å². The van der Waals surface area contributed by atoms with E-state index < -0.39 is 0 Å². The Morgan fingerprint density at radius 1 is 1.21 bits per heavy atom. The molecule has 24 heavy (non-hydrogen) atoms. The number of nitrogens with one attached hydrogen (secondary N) is 2. The number of aryl methyl sites for hydroxylation is 2. The molecular formula is C18H18N4OS. The summed E-state index contributed by atoms with van der Waals surface area (Å²) in [6, 6.07) is 11.8. The Kier molecular flexibility index (Phi) is 4.57. The third-order valence-corrected chi connectivity index (χ3v) is 4.81. The number of thiophene rings is 1. The van der Waals surface area contributed by atoms with Crippen molar-refractivity contribution in [3.8, 4) is 11.3 Å². The summed E-state index contributed by atoms with van der Waals surface area (Å²) in [5, 5.41) is 13.1. The molecule has 2 aromatic heterocycles. The Hall–Kier alpha value is -2.73. The number of aromatic amines is 1. The molecule has 0 spiro atoms. The van der Waals surface area contributed by atoms with Crippen LogP contribution in [0.5, 0.6) is 0 Å². The van der Waals surface area contributed by atoms with E-state index >= 15 is 0 Å². The summed E-state index contributed by atoms with van der Waals surface area (Å²) >= 11 is 1.58. The van der Waals surface area contributed by atoms with Crippen LogP contribution in [-0.4, -0.2) is 21.8 Å². The molecule has 0 saturated carbocycles. The Balaban J connectivity index is 1.74. The number of nitrogens with zero attached hydrogens (tertiary/aromatic N) is 2. The number of hydrogen-bond donors (Lipinski definition) is 2. The molecule has 1 amide bonds. The average Bonchev–Trinajstić information content (AvgIpc) is 3.26. The highest BCUT2D eigenvalue weighted by Gasteiger charge is 2.11. The minimum Gasteiger partial charge on any atom is -0.272 e. The molecule has 122 valence electrons. The van der Waals surface area contributed by atoms with E-state index in [2.05, 4.69) is 40.6 Å². The largest absolute Gasteiger partial charge is 0.289 e. The standard InChI is InChI=1S/C18H18N4OS/c1-11-6-7-14(9-12(11)2)15-10-16(21-20-15)18(23)22-19-13(3)17-5-4-8-24-17/h4-10H,1-3H3,(H,20,21)(H,22,23). The summed E-state index contributed by atoms with van der Waals surface area (Å²) in [6.07, 6.45) is 0. The lowest BCUT2D eigenvalue weighted by Crippen LogP contribution is -2.19. The zero-order chi connectivity index (χ0) is 17.1. The number of aromatic nitrogens is 2. The van der Waals surface area contributed by atoms with Crippen molar-refractivity contribution in [3.63, 3.8) is 0 Å². The zero-order valence-electron chi connectivity index (χ0n) is 13.8. The van der Waals surface area contributed by atoms with E-state index in [-0.39, 0.29) is 5.91 Å². The van der Waals surface area contributed by atoms with Gasteiger partial charge in [0, 0.05) is 10.4 Å². The van der Waals surface area contributed by atoms with Crippen molar-refractivity contribution in [1.82, 2.24) is 15.6 Å². The number of carbonyl (C=O) groups excluding carboxylic acids is 1. The molecule has 0 aliphatic heterocycles. The summed E-state index contributed by atoms with van der Waals surface area (Å²) in [7, 11) is 0. The highest BCUT2D eigenvalue weighted by Crippen LogP contribution is 2.20. The summed E-state index contributed by atoms with van der Waals surface area (Å²) < 4.78 is 0. The van der Waals surface area contributed by atoms with Crippen molar-refractivity contribution in [1.29, 1.82) is 0 Å². The molecule has 6 heteroatoms. The minimum absolute atomic E-state index is 0.312. The number of rotatable bonds is 4. The highest BCUT2D eigenvalue weighted by atomic mass is 32.1. The van der Waals surface area contributed by atoms with Crippen LogP contribution in [0.15, 0.2) is 46.9 Å². The summed E-state index contributed by atoms with van der Waals surface area (Å²) in [6.45, 7) is 5.98. The van der Waals surface area contributed by atoms with Gasteiger partial charge in [-0.1, -0.05) is 18.2 Å². The van der Waals surface area contributed by atoms with E-state index in [0.29, 0.717) is 5.69 Å². The maximum atomic E-state index is 12.2. The number of hydrogen-bond acceptors (Lipinski definition) is 4. The van der Waals surface area contributed by atoms with E-state index in [1.165, 1.54) is 11.1 Å². The lowest BCUT2D eigenvalue weighted by molar-refractivity contribution is 0.0950. The SMILES string of the molecule is CC(=NNC(=O)c1cc(-c2ccc(C)c(C)c2)n[nH]1)c1cccs1. The van der Waals surface area contributed by atoms with Gasteiger partial charge in [0.15, 0.2) is 0 Å². The average molecular weight is 338 g/mol. The Morgan fingerprint density at radius 3 is 2.75 bits per heavy atom. The van der Waals surface area contributed by atoms with Crippen LogP contribution in [0.25, 0.3) is 11.3 Å². The van der Waals surface area contributed by atoms with Gasteiger partial charge in [-0.15, -0.1) is 11.3 Å². The van der Waals surface area contributed by atoms with Gasteiger partial charge in [0.2, 0.25) is 0 Å². The molecule has 2 heterocycles. The van der Waals surface area contributed by atoms with Gasteiger partial charge in [0.25, 0.3) is 5.91 Å². The molecule has 3 aromatic rings. The molecule has 1 aromatic carbocycles. The molecule has 0 fully saturated rings. The fourth-order valence-corrected chi connectivity index (χ4v) is 2.90. The maximum Gasteiger partial charge on any atom is 0.289 e. The van der Waals surface area contributed by atoms with Crippen LogP contribution in [0.1, 0.15) is 33.4 Å². The van der Waals surface area contributed by atoms with Gasteiger partial charge >= 0.3 is 0 Å². The number of amides is 1. The molecule has 0 aliphatic rings. The van der Waals surface area contributed by atoms with E-state index in [1.807, 2.05) is 36.6 Å². The second-order valence-electron chi connectivity index (χ2n) is 5.58. The predicted molar refractivity (Wildman–Crippen MR) is 97.5 cm³/mol. The lowest BCUT2D eigenvalue weighted by Gasteiger charge is -2.01. The van der Waals surface area contributed by atoms with Crippen molar-refractivity contribution < 1.29 is 4.79 Å². The molecule has 0 saturated heterocycles. The first kappa shape index (κ1) is 16.1. The first-order valence-electron chi connectivity index (χ1n) is 7.56. The number of H-pyrrole nitrogens is 1. The molecule has 0 aliphatic carbocycles. The van der Waals surface area contributed by atoms with Crippen molar-refractivity contribution >= 4 is 23.0 Å². The Labute approximate surface area is 144 Å². The molecule has 0 unspecified atom stereocenters. The molecule has 0 atom stereocenters. The van der Waals surface area contributed by atoms with Gasteiger partial charge in [0.05, 0.1) is 11.4 Å². The van der Waals surface area contributed by atoms with Crippen molar-refractivity contribution in [3.05, 3.63) is 63.5 Å².